The first-order chi connectivity index (χ1) is 16.4. The van der Waals surface area contributed by atoms with Crippen LogP contribution < -0.4 is 10.6 Å². The first-order valence-corrected chi connectivity index (χ1v) is 10.7. The fourth-order valence-electron chi connectivity index (χ4n) is 1.85. The molecule has 0 radical (unpaired) electrons. The smallest absolute Gasteiger partial charge is 0.411 e. The van der Waals surface area contributed by atoms with Crippen LogP contribution in [-0.4, -0.2) is 48.8 Å². The van der Waals surface area contributed by atoms with E-state index in [1.165, 1.54) is 0 Å². The molecule has 0 unspecified atom stereocenters. The van der Waals surface area contributed by atoms with Gasteiger partial charge in [-0.3, -0.25) is 10.6 Å². The lowest BCUT2D eigenvalue weighted by atomic mass is 10.3. The highest BCUT2D eigenvalue weighted by molar-refractivity contribution is 6.34. The number of amides is 2. The lowest BCUT2D eigenvalue weighted by Gasteiger charge is -2.05. The predicted molar refractivity (Wildman–Crippen MR) is 134 cm³/mol. The molecule has 10 heteroatoms. The van der Waals surface area contributed by atoms with Crippen LogP contribution in [0, 0.1) is 23.7 Å². The van der Waals surface area contributed by atoms with E-state index in [4.69, 9.17) is 42.9 Å². The number of hydrogen-bond donors (Lipinski definition) is 4. The number of ether oxygens (including phenoxy) is 2. The van der Waals surface area contributed by atoms with E-state index in [1.54, 1.807) is 62.4 Å². The van der Waals surface area contributed by atoms with Crippen molar-refractivity contribution in [2.45, 2.75) is 13.8 Å². The van der Waals surface area contributed by atoms with E-state index < -0.39 is 12.2 Å². The summed E-state index contributed by atoms with van der Waals surface area (Å²) in [6.45, 7) is 3.81. The van der Waals surface area contributed by atoms with Gasteiger partial charge >= 0.3 is 12.2 Å². The summed E-state index contributed by atoms with van der Waals surface area (Å²) in [7, 11) is 0. The Labute approximate surface area is 209 Å². The van der Waals surface area contributed by atoms with Gasteiger partial charge in [0.15, 0.2) is 0 Å². The van der Waals surface area contributed by atoms with Crippen molar-refractivity contribution in [2.24, 2.45) is 0 Å². The van der Waals surface area contributed by atoms with E-state index in [9.17, 15) is 9.59 Å². The maximum absolute atomic E-state index is 11.0. The summed E-state index contributed by atoms with van der Waals surface area (Å²) in [5, 5.41) is 22.2. The summed E-state index contributed by atoms with van der Waals surface area (Å²) in [6.07, 6.45) is -0.980. The van der Waals surface area contributed by atoms with Gasteiger partial charge < -0.3 is 19.7 Å². The molecule has 0 saturated carbocycles. The number of halogens is 2. The molecule has 0 aromatic heterocycles. The topological polar surface area (TPSA) is 117 Å². The first kappa shape index (κ1) is 30.6. The van der Waals surface area contributed by atoms with Crippen LogP contribution in [0.2, 0.25) is 10.0 Å². The highest BCUT2D eigenvalue weighted by Crippen LogP contribution is 2.21. The van der Waals surface area contributed by atoms with Crippen LogP contribution in [0.4, 0.5) is 21.0 Å². The number of aliphatic hydroxyl groups excluding tert-OH is 2. The van der Waals surface area contributed by atoms with E-state index >= 15 is 0 Å². The number of nitrogens with one attached hydrogen (secondary N) is 2. The molecule has 0 fully saturated rings. The number of para-hydroxylation sites is 2. The monoisotopic (exact) mass is 508 g/mol. The van der Waals surface area contributed by atoms with E-state index in [0.29, 0.717) is 34.6 Å². The summed E-state index contributed by atoms with van der Waals surface area (Å²) < 4.78 is 9.38. The molecular formula is C24H26Cl2N2O6. The highest BCUT2D eigenvalue weighted by atomic mass is 35.5. The van der Waals surface area contributed by atoms with Crippen LogP contribution in [0.25, 0.3) is 0 Å². The number of carbonyl (C=O) groups excluding carboxylic acids is 2. The Morgan fingerprint density at radius 2 is 1.12 bits per heavy atom. The zero-order valence-electron chi connectivity index (χ0n) is 18.7. The molecule has 2 aromatic rings. The molecule has 0 atom stereocenters. The van der Waals surface area contributed by atoms with Crippen LogP contribution >= 0.6 is 23.2 Å². The van der Waals surface area contributed by atoms with Gasteiger partial charge in [-0.15, -0.1) is 0 Å². The third kappa shape index (κ3) is 15.4. The Kier molecular flexibility index (Phi) is 18.2. The molecule has 4 N–H and O–H groups in total. The maximum atomic E-state index is 11.0. The standard InChI is InChI=1S/2C9H10ClNO2.C6H6O2/c2*1-2-13-9(12)11-8-6-4-3-5-7(8)10;7-5-3-1-2-4-6-8/h2*3-6H,2H2,1H3,(H,11,12);7-8H,5-6H2. The Balaban J connectivity index is 0.000000497. The predicted octanol–water partition coefficient (Wildman–Crippen LogP) is 4.79. The van der Waals surface area contributed by atoms with E-state index in [0.717, 1.165) is 0 Å². The largest absolute Gasteiger partial charge is 0.450 e. The second-order valence-corrected chi connectivity index (χ2v) is 6.38. The molecule has 2 amide bonds. The van der Waals surface area contributed by atoms with Crippen molar-refractivity contribution >= 4 is 46.8 Å². The van der Waals surface area contributed by atoms with Gasteiger partial charge in [0.1, 0.15) is 13.2 Å². The average Bonchev–Trinajstić information content (AvgIpc) is 2.81. The Hall–Kier alpha value is -3.40. The SMILES string of the molecule is CCOC(=O)Nc1ccccc1Cl.CCOC(=O)Nc1ccccc1Cl.OCC#CC#CCO. The number of anilines is 2. The van der Waals surface area contributed by atoms with Crippen molar-refractivity contribution in [1.29, 1.82) is 0 Å². The molecule has 2 rings (SSSR count). The van der Waals surface area contributed by atoms with Gasteiger partial charge in [0.25, 0.3) is 0 Å². The lowest BCUT2D eigenvalue weighted by molar-refractivity contribution is 0.167. The van der Waals surface area contributed by atoms with Crippen LogP contribution in [0.3, 0.4) is 0 Å². The molecule has 34 heavy (non-hydrogen) atoms. The minimum absolute atomic E-state index is 0.180. The minimum atomic E-state index is -0.490. The number of benzene rings is 2. The molecule has 0 saturated heterocycles. The Bertz CT molecular complexity index is 928. The van der Waals surface area contributed by atoms with Gasteiger partial charge in [-0.25, -0.2) is 9.59 Å². The van der Waals surface area contributed by atoms with Crippen molar-refractivity contribution in [3.05, 3.63) is 58.6 Å². The number of aliphatic hydroxyl groups is 2. The molecule has 182 valence electrons. The molecule has 0 aliphatic carbocycles. The molecule has 0 aliphatic heterocycles. The zero-order chi connectivity index (χ0) is 25.6. The summed E-state index contributed by atoms with van der Waals surface area (Å²) in [6, 6.07) is 14.0. The first-order valence-electron chi connectivity index (χ1n) is 9.93. The van der Waals surface area contributed by atoms with Crippen LogP contribution in [0.1, 0.15) is 13.8 Å². The lowest BCUT2D eigenvalue weighted by Crippen LogP contribution is -2.13. The number of hydrogen-bond acceptors (Lipinski definition) is 6. The van der Waals surface area contributed by atoms with Crippen molar-refractivity contribution < 1.29 is 29.3 Å². The fraction of sp³-hybridized carbons (Fsp3) is 0.250. The van der Waals surface area contributed by atoms with E-state index in [1.807, 2.05) is 0 Å². The number of carbonyl (C=O) groups is 2. The van der Waals surface area contributed by atoms with Crippen molar-refractivity contribution in [2.75, 3.05) is 37.1 Å². The van der Waals surface area contributed by atoms with Gasteiger partial charge in [0.2, 0.25) is 0 Å². The van der Waals surface area contributed by atoms with Gasteiger partial charge in [-0.05, 0) is 50.0 Å². The minimum Gasteiger partial charge on any atom is -0.450 e. The molecule has 0 bridgehead atoms. The number of rotatable bonds is 4. The second kappa shape index (κ2) is 20.2. The summed E-state index contributed by atoms with van der Waals surface area (Å²) in [4.78, 5) is 21.9. The summed E-state index contributed by atoms with van der Waals surface area (Å²) >= 11 is 11.6. The average molecular weight is 509 g/mol. The molecule has 2 aromatic carbocycles. The molecule has 0 aliphatic rings. The summed E-state index contributed by atoms with van der Waals surface area (Å²) in [5.74, 6) is 9.24. The molecule has 8 nitrogen and oxygen atoms in total. The van der Waals surface area contributed by atoms with Crippen molar-refractivity contribution in [3.8, 4) is 23.7 Å². The van der Waals surface area contributed by atoms with Gasteiger partial charge in [0, 0.05) is 0 Å². The normalized spacial score (nSPS) is 8.53. The molecule has 0 spiro atoms. The second-order valence-electron chi connectivity index (χ2n) is 5.57. The summed E-state index contributed by atoms with van der Waals surface area (Å²) in [5.41, 5.74) is 1.12. The van der Waals surface area contributed by atoms with Crippen molar-refractivity contribution in [3.63, 3.8) is 0 Å². The van der Waals surface area contributed by atoms with E-state index in [-0.39, 0.29) is 13.2 Å². The van der Waals surface area contributed by atoms with Gasteiger partial charge in [0.05, 0.1) is 34.6 Å². The Morgan fingerprint density at radius 1 is 0.765 bits per heavy atom. The third-order valence-electron chi connectivity index (χ3n) is 3.17. The van der Waals surface area contributed by atoms with Crippen LogP contribution in [-0.2, 0) is 9.47 Å². The maximum Gasteiger partial charge on any atom is 0.411 e. The van der Waals surface area contributed by atoms with E-state index in [2.05, 4.69) is 34.3 Å². The van der Waals surface area contributed by atoms with Crippen LogP contribution in [0.15, 0.2) is 48.5 Å². The van der Waals surface area contributed by atoms with Crippen LogP contribution in [0.5, 0.6) is 0 Å². The highest BCUT2D eigenvalue weighted by Gasteiger charge is 2.04. The molecule has 0 heterocycles. The zero-order valence-corrected chi connectivity index (χ0v) is 20.2. The Morgan fingerprint density at radius 3 is 1.41 bits per heavy atom. The van der Waals surface area contributed by atoms with Gasteiger partial charge in [-0.2, -0.15) is 0 Å². The molecular weight excluding hydrogens is 483 g/mol. The van der Waals surface area contributed by atoms with Gasteiger partial charge in [-0.1, -0.05) is 59.3 Å². The van der Waals surface area contributed by atoms with Crippen molar-refractivity contribution in [1.82, 2.24) is 0 Å². The third-order valence-corrected chi connectivity index (χ3v) is 3.83. The quantitative estimate of drug-likeness (QED) is 0.441. The fourth-order valence-corrected chi connectivity index (χ4v) is 2.21.